The van der Waals surface area contributed by atoms with Crippen LogP contribution >= 0.6 is 11.6 Å². The molecule has 0 amide bonds. The molecule has 0 saturated heterocycles. The van der Waals surface area contributed by atoms with Gasteiger partial charge in [-0.25, -0.2) is 0 Å². The van der Waals surface area contributed by atoms with Crippen LogP contribution in [-0.2, 0) is 17.8 Å². The van der Waals surface area contributed by atoms with Gasteiger partial charge in [0.15, 0.2) is 18.2 Å². The van der Waals surface area contributed by atoms with Crippen LogP contribution in [0.3, 0.4) is 0 Å². The van der Waals surface area contributed by atoms with Gasteiger partial charge in [0.1, 0.15) is 5.75 Å². The fraction of sp³-hybridized carbons (Fsp3) is 0.438. The summed E-state index contributed by atoms with van der Waals surface area (Å²) in [5, 5.41) is 4.45. The maximum atomic E-state index is 12.2. The summed E-state index contributed by atoms with van der Waals surface area (Å²) in [6, 6.07) is 3.46. The predicted molar refractivity (Wildman–Crippen MR) is 83.0 cm³/mol. The zero-order chi connectivity index (χ0) is 16.4. The number of aromatic nitrogens is 2. The number of carbonyl (C=O) groups is 1. The number of rotatable bonds is 6. The van der Waals surface area contributed by atoms with E-state index in [1.807, 2.05) is 6.92 Å². The maximum Gasteiger partial charge on any atom is 0.264 e. The molecule has 0 fully saturated rings. The molecule has 3 rings (SSSR count). The van der Waals surface area contributed by atoms with Gasteiger partial charge < -0.3 is 14.0 Å². The number of methoxy groups -OCH3 is 1. The fourth-order valence-corrected chi connectivity index (χ4v) is 3.07. The van der Waals surface area contributed by atoms with Crippen LogP contribution in [-0.4, -0.2) is 29.6 Å². The van der Waals surface area contributed by atoms with E-state index in [0.717, 1.165) is 5.56 Å². The van der Waals surface area contributed by atoms with Crippen LogP contribution in [0.2, 0.25) is 5.02 Å². The van der Waals surface area contributed by atoms with Crippen molar-refractivity contribution in [1.29, 1.82) is 0 Å². The third-order valence-corrected chi connectivity index (χ3v) is 4.14. The summed E-state index contributed by atoms with van der Waals surface area (Å²) in [4.78, 5) is 16.4. The molecule has 0 N–H and O–H groups in total. The molecule has 23 heavy (non-hydrogen) atoms. The summed E-state index contributed by atoms with van der Waals surface area (Å²) in [6.07, 6.45) is 1.03. The normalized spacial score (nSPS) is 16.7. The summed E-state index contributed by atoms with van der Waals surface area (Å²) >= 11 is 6.21. The molecular weight excluding hydrogens is 320 g/mol. The first-order valence-electron chi connectivity index (χ1n) is 7.39. The number of halogens is 1. The summed E-state index contributed by atoms with van der Waals surface area (Å²) in [7, 11) is 1.61. The van der Waals surface area contributed by atoms with Crippen LogP contribution in [0.1, 0.15) is 46.9 Å². The van der Waals surface area contributed by atoms with Crippen molar-refractivity contribution in [3.05, 3.63) is 40.0 Å². The molecule has 7 heteroatoms. The molecule has 122 valence electrons. The van der Waals surface area contributed by atoms with E-state index in [4.69, 9.17) is 25.6 Å². The second-order valence-electron chi connectivity index (χ2n) is 5.50. The maximum absolute atomic E-state index is 12.2. The number of Topliss-reactive ketones (excluding diaryl/α,β-unsaturated/α-hetero) is 1. The van der Waals surface area contributed by atoms with Crippen LogP contribution < -0.4 is 4.74 Å². The van der Waals surface area contributed by atoms with E-state index in [9.17, 15) is 4.79 Å². The van der Waals surface area contributed by atoms with Gasteiger partial charge in [-0.1, -0.05) is 23.7 Å². The molecular formula is C16H17ClN2O4. The highest BCUT2D eigenvalue weighted by Gasteiger charge is 2.31. The molecule has 1 aromatic carbocycles. The highest BCUT2D eigenvalue weighted by Crippen LogP contribution is 2.42. The Labute approximate surface area is 138 Å². The Balaban J connectivity index is 1.74. The fourth-order valence-electron chi connectivity index (χ4n) is 2.73. The number of nitrogens with zero attached hydrogens (tertiary/aromatic N) is 2. The Bertz CT molecular complexity index is 729. The van der Waals surface area contributed by atoms with E-state index in [-0.39, 0.29) is 18.3 Å². The second kappa shape index (κ2) is 6.68. The zero-order valence-electron chi connectivity index (χ0n) is 13.0. The molecule has 0 saturated carbocycles. The zero-order valence-corrected chi connectivity index (χ0v) is 13.7. The molecule has 1 aliphatic carbocycles. The van der Waals surface area contributed by atoms with Crippen molar-refractivity contribution >= 4 is 17.4 Å². The summed E-state index contributed by atoms with van der Waals surface area (Å²) < 4.78 is 15.8. The minimum atomic E-state index is 0.0521. The van der Waals surface area contributed by atoms with Crippen LogP contribution in [0.4, 0.5) is 0 Å². The third-order valence-electron chi connectivity index (χ3n) is 3.81. The lowest BCUT2D eigenvalue weighted by Crippen LogP contribution is -2.02. The monoisotopic (exact) mass is 336 g/mol. The topological polar surface area (TPSA) is 74.5 Å². The van der Waals surface area contributed by atoms with E-state index in [2.05, 4.69) is 10.1 Å². The Kier molecular flexibility index (Phi) is 4.63. The number of hydrogen-bond acceptors (Lipinski definition) is 6. The van der Waals surface area contributed by atoms with Gasteiger partial charge in [0.05, 0.1) is 12.2 Å². The van der Waals surface area contributed by atoms with E-state index in [0.29, 0.717) is 47.5 Å². The Morgan fingerprint density at radius 2 is 2.26 bits per heavy atom. The molecule has 1 heterocycles. The number of benzene rings is 1. The molecule has 1 atom stereocenters. The average molecular weight is 337 g/mol. The van der Waals surface area contributed by atoms with Gasteiger partial charge in [0.25, 0.3) is 5.89 Å². The lowest BCUT2D eigenvalue weighted by atomic mass is 10.0. The van der Waals surface area contributed by atoms with Crippen molar-refractivity contribution in [2.45, 2.75) is 32.3 Å². The van der Waals surface area contributed by atoms with Crippen LogP contribution in [0.25, 0.3) is 0 Å². The van der Waals surface area contributed by atoms with E-state index >= 15 is 0 Å². The average Bonchev–Trinajstić information content (AvgIpc) is 3.10. The predicted octanol–water partition coefficient (Wildman–Crippen LogP) is 3.18. The number of carbonyl (C=O) groups excluding carboxylic acids is 1. The third kappa shape index (κ3) is 3.23. The smallest absolute Gasteiger partial charge is 0.264 e. The van der Waals surface area contributed by atoms with Gasteiger partial charge in [-0.15, -0.1) is 0 Å². The molecule has 0 bridgehead atoms. The second-order valence-corrected chi connectivity index (χ2v) is 5.91. The lowest BCUT2D eigenvalue weighted by molar-refractivity contribution is 0.0985. The minimum absolute atomic E-state index is 0.0521. The molecule has 1 aliphatic rings. The van der Waals surface area contributed by atoms with E-state index in [1.165, 1.54) is 0 Å². The van der Waals surface area contributed by atoms with Crippen molar-refractivity contribution in [3.63, 3.8) is 0 Å². The number of hydrogen-bond donors (Lipinski definition) is 0. The van der Waals surface area contributed by atoms with Gasteiger partial charge in [0.2, 0.25) is 0 Å². The largest absolute Gasteiger partial charge is 0.483 e. The highest BCUT2D eigenvalue weighted by molar-refractivity contribution is 6.32. The van der Waals surface area contributed by atoms with Gasteiger partial charge in [-0.3, -0.25) is 4.79 Å². The van der Waals surface area contributed by atoms with Crippen LogP contribution in [0.15, 0.2) is 16.7 Å². The Hall–Kier alpha value is -1.92. The highest BCUT2D eigenvalue weighted by atomic mass is 35.5. The molecule has 6 nitrogen and oxygen atoms in total. The van der Waals surface area contributed by atoms with Crippen molar-refractivity contribution in [2.75, 3.05) is 13.7 Å². The van der Waals surface area contributed by atoms with Gasteiger partial charge in [-0.05, 0) is 23.6 Å². The van der Waals surface area contributed by atoms with Crippen LogP contribution in [0, 0.1) is 0 Å². The molecule has 1 aromatic heterocycles. The molecule has 0 radical (unpaired) electrons. The van der Waals surface area contributed by atoms with E-state index < -0.39 is 0 Å². The minimum Gasteiger partial charge on any atom is -0.483 e. The first-order chi connectivity index (χ1) is 11.1. The van der Waals surface area contributed by atoms with Crippen LogP contribution in [0.5, 0.6) is 5.75 Å². The molecule has 0 aliphatic heterocycles. The number of ketones is 1. The molecule has 0 unspecified atom stereocenters. The van der Waals surface area contributed by atoms with Crippen molar-refractivity contribution < 1.29 is 18.8 Å². The van der Waals surface area contributed by atoms with Crippen molar-refractivity contribution in [2.24, 2.45) is 0 Å². The van der Waals surface area contributed by atoms with E-state index in [1.54, 1.807) is 19.2 Å². The van der Waals surface area contributed by atoms with Gasteiger partial charge in [-0.2, -0.15) is 4.98 Å². The SMILES string of the molecule is COCCc1noc(COc2ccc(Cl)c3c2C(=O)C[C@@H]3C)n1. The molecule has 2 aromatic rings. The number of ether oxygens (including phenoxy) is 2. The van der Waals surface area contributed by atoms with Gasteiger partial charge in [0, 0.05) is 25.0 Å². The standard InChI is InChI=1S/C16H17ClN2O4/c1-9-7-11(20)16-12(4-3-10(17)15(9)16)22-8-14-18-13(19-23-14)5-6-21-2/h3-4,9H,5-8H2,1-2H3/t9-/m0/s1. The van der Waals surface area contributed by atoms with Gasteiger partial charge >= 0.3 is 0 Å². The number of fused-ring (bicyclic) bond motifs is 1. The lowest BCUT2D eigenvalue weighted by Gasteiger charge is -2.11. The summed E-state index contributed by atoms with van der Waals surface area (Å²) in [6.45, 7) is 2.62. The summed E-state index contributed by atoms with van der Waals surface area (Å²) in [5.74, 6) is 1.60. The molecule has 0 spiro atoms. The quantitative estimate of drug-likeness (QED) is 0.806. The van der Waals surface area contributed by atoms with Crippen molar-refractivity contribution in [1.82, 2.24) is 10.1 Å². The Morgan fingerprint density at radius 3 is 3.04 bits per heavy atom. The first kappa shape index (κ1) is 16.0. The first-order valence-corrected chi connectivity index (χ1v) is 7.76. The van der Waals surface area contributed by atoms with Crippen molar-refractivity contribution in [3.8, 4) is 5.75 Å². The summed E-state index contributed by atoms with van der Waals surface area (Å²) in [5.41, 5.74) is 1.43. The Morgan fingerprint density at radius 1 is 1.43 bits per heavy atom.